The van der Waals surface area contributed by atoms with Gasteiger partial charge in [0.15, 0.2) is 0 Å². The summed E-state index contributed by atoms with van der Waals surface area (Å²) in [5, 5.41) is 2.17. The fraction of sp³-hybridized carbons (Fsp3) is 0.800. The number of hydrogen-bond acceptors (Lipinski definition) is 5. The lowest BCUT2D eigenvalue weighted by atomic mass is 9.91. The standard InChI is InChI=1S/C15H23BrF3NO5/c1-14(2,3)25-12(22)11(20-13(23)15(17,18)19)9(6-5-7-16)8-10(21)24-4/h9,11H,5-8H2,1-4H3,(H,20,23)/t9-,11+/m0/s1. The molecule has 25 heavy (non-hydrogen) atoms. The Hall–Kier alpha value is -1.32. The van der Waals surface area contributed by atoms with Gasteiger partial charge in [0.05, 0.1) is 13.5 Å². The molecule has 0 radical (unpaired) electrons. The minimum absolute atomic E-state index is 0.211. The van der Waals surface area contributed by atoms with Crippen LogP contribution in [0.1, 0.15) is 40.0 Å². The average molecular weight is 434 g/mol. The van der Waals surface area contributed by atoms with E-state index in [9.17, 15) is 27.6 Å². The molecular weight excluding hydrogens is 411 g/mol. The van der Waals surface area contributed by atoms with E-state index in [1.165, 1.54) is 0 Å². The van der Waals surface area contributed by atoms with Crippen LogP contribution in [0.4, 0.5) is 13.2 Å². The smallest absolute Gasteiger partial charge is 0.469 e. The van der Waals surface area contributed by atoms with Crippen molar-refractivity contribution < 1.29 is 37.0 Å². The van der Waals surface area contributed by atoms with E-state index >= 15 is 0 Å². The van der Waals surface area contributed by atoms with Crippen molar-refractivity contribution >= 4 is 33.8 Å². The average Bonchev–Trinajstić information content (AvgIpc) is 2.45. The Labute approximate surface area is 152 Å². The summed E-state index contributed by atoms with van der Waals surface area (Å²) in [6.07, 6.45) is -4.80. The van der Waals surface area contributed by atoms with E-state index in [1.807, 2.05) is 0 Å². The third-order valence-corrected chi connectivity index (χ3v) is 3.60. The van der Waals surface area contributed by atoms with Gasteiger partial charge >= 0.3 is 24.0 Å². The second-order valence-electron chi connectivity index (χ2n) is 6.35. The SMILES string of the molecule is COC(=O)C[C@H](CCCBr)[C@@H](NC(=O)C(F)(F)F)C(=O)OC(C)(C)C. The molecule has 0 aromatic heterocycles. The molecule has 146 valence electrons. The zero-order chi connectivity index (χ0) is 19.8. The number of carbonyl (C=O) groups excluding carboxylic acids is 3. The summed E-state index contributed by atoms with van der Waals surface area (Å²) in [4.78, 5) is 35.2. The molecule has 0 spiro atoms. The lowest BCUT2D eigenvalue weighted by Gasteiger charge is -2.29. The number of alkyl halides is 4. The number of nitrogens with one attached hydrogen (secondary N) is 1. The van der Waals surface area contributed by atoms with E-state index in [1.54, 1.807) is 26.1 Å². The van der Waals surface area contributed by atoms with E-state index in [0.29, 0.717) is 11.8 Å². The first kappa shape index (κ1) is 23.7. The highest BCUT2D eigenvalue weighted by atomic mass is 79.9. The van der Waals surface area contributed by atoms with Gasteiger partial charge in [0.2, 0.25) is 0 Å². The van der Waals surface area contributed by atoms with Gasteiger partial charge in [-0.1, -0.05) is 15.9 Å². The molecule has 0 unspecified atom stereocenters. The van der Waals surface area contributed by atoms with E-state index in [4.69, 9.17) is 4.74 Å². The first-order chi connectivity index (χ1) is 11.3. The molecule has 0 aliphatic rings. The van der Waals surface area contributed by atoms with Gasteiger partial charge in [-0.3, -0.25) is 9.59 Å². The monoisotopic (exact) mass is 433 g/mol. The minimum Gasteiger partial charge on any atom is -0.469 e. The van der Waals surface area contributed by atoms with Gasteiger partial charge in [-0.2, -0.15) is 13.2 Å². The molecule has 6 nitrogen and oxygen atoms in total. The predicted molar refractivity (Wildman–Crippen MR) is 87.0 cm³/mol. The van der Waals surface area contributed by atoms with Gasteiger partial charge in [-0.15, -0.1) is 0 Å². The van der Waals surface area contributed by atoms with Crippen molar-refractivity contribution in [2.24, 2.45) is 5.92 Å². The quantitative estimate of drug-likeness (QED) is 0.470. The van der Waals surface area contributed by atoms with E-state index < -0.39 is 41.6 Å². The third kappa shape index (κ3) is 9.66. The van der Waals surface area contributed by atoms with Crippen molar-refractivity contribution in [2.75, 3.05) is 12.4 Å². The summed E-state index contributed by atoms with van der Waals surface area (Å²) in [7, 11) is 1.13. The molecule has 0 rings (SSSR count). The van der Waals surface area contributed by atoms with E-state index in [-0.39, 0.29) is 12.8 Å². The molecule has 1 N–H and O–H groups in total. The van der Waals surface area contributed by atoms with Crippen molar-refractivity contribution in [2.45, 2.75) is 57.9 Å². The largest absolute Gasteiger partial charge is 0.471 e. The Kier molecular flexibility index (Phi) is 9.45. The van der Waals surface area contributed by atoms with Crippen LogP contribution in [-0.4, -0.2) is 48.1 Å². The summed E-state index contributed by atoms with van der Waals surface area (Å²) >= 11 is 3.18. The second-order valence-corrected chi connectivity index (χ2v) is 7.15. The van der Waals surface area contributed by atoms with Crippen LogP contribution >= 0.6 is 15.9 Å². The number of methoxy groups -OCH3 is 1. The fourth-order valence-corrected chi connectivity index (χ4v) is 2.30. The van der Waals surface area contributed by atoms with Crippen LogP contribution in [0.2, 0.25) is 0 Å². The first-order valence-corrected chi connectivity index (χ1v) is 8.67. The van der Waals surface area contributed by atoms with Crippen molar-refractivity contribution in [3.8, 4) is 0 Å². The molecule has 0 aromatic carbocycles. The molecule has 0 bridgehead atoms. The van der Waals surface area contributed by atoms with Crippen molar-refractivity contribution in [3.05, 3.63) is 0 Å². The molecule has 0 saturated heterocycles. The molecule has 0 aliphatic carbocycles. The first-order valence-electron chi connectivity index (χ1n) is 7.55. The van der Waals surface area contributed by atoms with Gasteiger partial charge in [0.25, 0.3) is 0 Å². The van der Waals surface area contributed by atoms with Crippen LogP contribution < -0.4 is 5.32 Å². The zero-order valence-electron chi connectivity index (χ0n) is 14.5. The van der Waals surface area contributed by atoms with Crippen molar-refractivity contribution in [3.63, 3.8) is 0 Å². The predicted octanol–water partition coefficient (Wildman–Crippen LogP) is 2.73. The number of hydrogen-bond donors (Lipinski definition) is 1. The van der Waals surface area contributed by atoms with Crippen LogP contribution in [0.15, 0.2) is 0 Å². The Morgan fingerprint density at radius 3 is 2.12 bits per heavy atom. The summed E-state index contributed by atoms with van der Waals surface area (Å²) in [5.74, 6) is -4.90. The maximum atomic E-state index is 12.6. The number of ether oxygens (including phenoxy) is 2. The fourth-order valence-electron chi connectivity index (χ4n) is 1.98. The highest BCUT2D eigenvalue weighted by Gasteiger charge is 2.43. The Morgan fingerprint density at radius 1 is 1.16 bits per heavy atom. The lowest BCUT2D eigenvalue weighted by Crippen LogP contribution is -2.52. The number of amides is 1. The summed E-state index contributed by atoms with van der Waals surface area (Å²) in [5.41, 5.74) is -0.969. The highest BCUT2D eigenvalue weighted by Crippen LogP contribution is 2.23. The molecule has 0 aliphatic heterocycles. The molecule has 1 amide bonds. The maximum Gasteiger partial charge on any atom is 0.471 e. The van der Waals surface area contributed by atoms with E-state index in [0.717, 1.165) is 7.11 Å². The Morgan fingerprint density at radius 2 is 1.72 bits per heavy atom. The Balaban J connectivity index is 5.55. The van der Waals surface area contributed by atoms with Crippen molar-refractivity contribution in [1.29, 1.82) is 0 Å². The summed E-state index contributed by atoms with van der Waals surface area (Å²) < 4.78 is 47.4. The van der Waals surface area contributed by atoms with Gasteiger partial charge in [-0.05, 0) is 33.6 Å². The topological polar surface area (TPSA) is 81.7 Å². The van der Waals surface area contributed by atoms with Gasteiger partial charge in [-0.25, -0.2) is 4.79 Å². The molecule has 2 atom stereocenters. The van der Waals surface area contributed by atoms with Crippen LogP contribution in [0, 0.1) is 5.92 Å². The number of carbonyl (C=O) groups is 3. The second kappa shape index (κ2) is 9.98. The van der Waals surface area contributed by atoms with Gasteiger partial charge in [0.1, 0.15) is 11.6 Å². The van der Waals surface area contributed by atoms with Gasteiger partial charge < -0.3 is 14.8 Å². The van der Waals surface area contributed by atoms with Crippen LogP contribution in [-0.2, 0) is 23.9 Å². The minimum atomic E-state index is -5.16. The number of esters is 2. The molecule has 10 heteroatoms. The van der Waals surface area contributed by atoms with Crippen LogP contribution in [0.25, 0.3) is 0 Å². The molecule has 0 saturated carbocycles. The number of rotatable bonds is 8. The molecule has 0 aromatic rings. The molecular formula is C15H23BrF3NO5. The van der Waals surface area contributed by atoms with Crippen molar-refractivity contribution in [1.82, 2.24) is 5.32 Å². The third-order valence-electron chi connectivity index (χ3n) is 3.04. The summed E-state index contributed by atoms with van der Waals surface area (Å²) in [6, 6.07) is -1.62. The molecule has 0 fully saturated rings. The summed E-state index contributed by atoms with van der Waals surface area (Å²) in [6.45, 7) is 4.63. The van der Waals surface area contributed by atoms with Crippen LogP contribution in [0.3, 0.4) is 0 Å². The normalized spacial score (nSPS) is 14.4. The highest BCUT2D eigenvalue weighted by molar-refractivity contribution is 9.09. The maximum absolute atomic E-state index is 12.6. The zero-order valence-corrected chi connectivity index (χ0v) is 16.1. The van der Waals surface area contributed by atoms with Crippen LogP contribution in [0.5, 0.6) is 0 Å². The molecule has 0 heterocycles. The van der Waals surface area contributed by atoms with E-state index in [2.05, 4.69) is 20.7 Å². The lowest BCUT2D eigenvalue weighted by molar-refractivity contribution is -0.178. The number of halogens is 4. The van der Waals surface area contributed by atoms with Gasteiger partial charge in [0, 0.05) is 11.2 Å². The Bertz CT molecular complexity index is 477.